The standard InChI is InChI=1S/C5H6N2O.Al/c6-4-1-2-5(8)7-3-4;/h1-3H,6H2,(H,7,8);/q;+1/p-1. The van der Waals surface area contributed by atoms with E-state index in [1.54, 1.807) is 18.3 Å². The summed E-state index contributed by atoms with van der Waals surface area (Å²) in [5.41, 5.74) is 6.00. The van der Waals surface area contributed by atoms with Crippen LogP contribution < -0.4 is 9.52 Å². The zero-order valence-electron chi connectivity index (χ0n) is 4.74. The Bertz CT molecular complexity index is 187. The molecule has 0 unspecified atom stereocenters. The van der Waals surface area contributed by atoms with Crippen LogP contribution in [0.3, 0.4) is 0 Å². The van der Waals surface area contributed by atoms with E-state index in [-0.39, 0.29) is 0 Å². The Morgan fingerprint density at radius 2 is 2.33 bits per heavy atom. The number of nitrogens with zero attached hydrogens (tertiary/aromatic N) is 1. The van der Waals surface area contributed by atoms with Crippen LogP contribution in [0.1, 0.15) is 0 Å². The number of nitrogens with two attached hydrogens (primary N) is 1. The summed E-state index contributed by atoms with van der Waals surface area (Å²) in [6.07, 6.45) is 1.54. The molecule has 1 aromatic rings. The van der Waals surface area contributed by atoms with Gasteiger partial charge >= 0.3 is 16.6 Å². The number of aromatic nitrogens is 1. The Morgan fingerprint density at radius 1 is 1.56 bits per heavy atom. The van der Waals surface area contributed by atoms with E-state index in [1.165, 1.54) is 0 Å². The minimum absolute atomic E-state index is 0.550. The van der Waals surface area contributed by atoms with Gasteiger partial charge in [0.05, 0.1) is 11.9 Å². The van der Waals surface area contributed by atoms with Crippen molar-refractivity contribution in [2.45, 2.75) is 0 Å². The van der Waals surface area contributed by atoms with Gasteiger partial charge in [0, 0.05) is 0 Å². The lowest BCUT2D eigenvalue weighted by molar-refractivity contribution is 0.588. The molecular weight excluding hydrogens is 131 g/mol. The predicted molar refractivity (Wildman–Crippen MR) is 35.0 cm³/mol. The fourth-order valence-electron chi connectivity index (χ4n) is 0.461. The smallest absolute Gasteiger partial charge is 0.483 e. The number of hydrogen-bond acceptors (Lipinski definition) is 3. The molecule has 3 nitrogen and oxygen atoms in total. The summed E-state index contributed by atoms with van der Waals surface area (Å²) in [6, 6.07) is 3.43. The van der Waals surface area contributed by atoms with Crippen LogP contribution in [0.4, 0.5) is 5.69 Å². The summed E-state index contributed by atoms with van der Waals surface area (Å²) >= 11 is 2.11. The molecule has 1 rings (SSSR count). The van der Waals surface area contributed by atoms with E-state index in [4.69, 9.17) is 9.52 Å². The number of anilines is 1. The summed E-state index contributed by atoms with van der Waals surface area (Å²) in [7, 11) is 0. The molecule has 0 fully saturated rings. The first-order valence-corrected chi connectivity index (χ1v) is 2.88. The average molecular weight is 136 g/mol. The summed E-state index contributed by atoms with van der Waals surface area (Å²) in [5.74, 6) is 0.550. The van der Waals surface area contributed by atoms with Crippen molar-refractivity contribution in [3.05, 3.63) is 18.3 Å². The molecule has 0 spiro atoms. The third-order valence-electron chi connectivity index (χ3n) is 0.880. The molecule has 0 saturated heterocycles. The first kappa shape index (κ1) is 6.40. The molecule has 2 N–H and O–H groups in total. The summed E-state index contributed by atoms with van der Waals surface area (Å²) in [5, 5.41) is 0. The van der Waals surface area contributed by atoms with Crippen molar-refractivity contribution in [2.24, 2.45) is 0 Å². The van der Waals surface area contributed by atoms with E-state index >= 15 is 0 Å². The van der Waals surface area contributed by atoms with Crippen molar-refractivity contribution in [1.82, 2.24) is 4.98 Å². The Kier molecular flexibility index (Phi) is 1.93. The quantitative estimate of drug-likeness (QED) is 0.558. The van der Waals surface area contributed by atoms with Crippen LogP contribution in [-0.4, -0.2) is 21.6 Å². The van der Waals surface area contributed by atoms with Crippen molar-refractivity contribution >= 4 is 22.3 Å². The van der Waals surface area contributed by atoms with Gasteiger partial charge in [0.15, 0.2) is 5.88 Å². The summed E-state index contributed by atoms with van der Waals surface area (Å²) in [6.45, 7) is 0. The Balaban J connectivity index is 2.88. The summed E-state index contributed by atoms with van der Waals surface area (Å²) in [4.78, 5) is 3.83. The predicted octanol–water partition coefficient (Wildman–Crippen LogP) is 0.126. The lowest BCUT2D eigenvalue weighted by Gasteiger charge is -1.98. The molecule has 0 aromatic carbocycles. The van der Waals surface area contributed by atoms with Crippen LogP contribution in [0.2, 0.25) is 0 Å². The Hall–Kier alpha value is -0.718. The minimum atomic E-state index is 0.550. The maximum atomic E-state index is 5.36. The van der Waals surface area contributed by atoms with Gasteiger partial charge in [0.2, 0.25) is 0 Å². The highest BCUT2D eigenvalue weighted by Gasteiger charge is 1.86. The van der Waals surface area contributed by atoms with Crippen LogP contribution in [-0.2, 0) is 0 Å². The number of nitrogen functional groups attached to an aromatic ring is 1. The largest absolute Gasteiger partial charge is 0.640 e. The maximum absolute atomic E-state index is 5.36. The van der Waals surface area contributed by atoms with Crippen molar-refractivity contribution in [3.63, 3.8) is 0 Å². The molecular formula is C5H5AlN2O. The molecule has 9 heavy (non-hydrogen) atoms. The van der Waals surface area contributed by atoms with Crippen molar-refractivity contribution in [3.8, 4) is 5.88 Å². The second-order valence-corrected chi connectivity index (χ2v) is 1.78. The van der Waals surface area contributed by atoms with Gasteiger partial charge in [-0.2, -0.15) is 0 Å². The van der Waals surface area contributed by atoms with Gasteiger partial charge in [-0.15, -0.1) is 0 Å². The van der Waals surface area contributed by atoms with Crippen molar-refractivity contribution < 1.29 is 3.79 Å². The second kappa shape index (κ2) is 2.72. The minimum Gasteiger partial charge on any atom is -0.640 e. The van der Waals surface area contributed by atoms with Crippen LogP contribution in [0.25, 0.3) is 0 Å². The molecule has 1 heterocycles. The highest BCUT2D eigenvalue weighted by Crippen LogP contribution is 2.06. The zero-order chi connectivity index (χ0) is 6.69. The van der Waals surface area contributed by atoms with E-state index in [9.17, 15) is 0 Å². The first-order valence-electron chi connectivity index (χ1n) is 2.41. The third-order valence-corrected chi connectivity index (χ3v) is 1.12. The van der Waals surface area contributed by atoms with E-state index in [0.29, 0.717) is 11.6 Å². The van der Waals surface area contributed by atoms with Crippen LogP contribution in [0, 0.1) is 0 Å². The normalized spacial score (nSPS) is 8.89. The zero-order valence-corrected chi connectivity index (χ0v) is 5.90. The highest BCUT2D eigenvalue weighted by atomic mass is 27.1. The van der Waals surface area contributed by atoms with Crippen molar-refractivity contribution in [2.75, 3.05) is 5.73 Å². The lowest BCUT2D eigenvalue weighted by atomic mass is 10.4. The average Bonchev–Trinajstić information content (AvgIpc) is 1.90. The van der Waals surface area contributed by atoms with Gasteiger partial charge in [-0.3, -0.25) is 0 Å². The fraction of sp³-hybridized carbons (Fsp3) is 0. The van der Waals surface area contributed by atoms with Crippen LogP contribution in [0.15, 0.2) is 18.3 Å². The van der Waals surface area contributed by atoms with Gasteiger partial charge in [0.25, 0.3) is 0 Å². The molecule has 4 heteroatoms. The van der Waals surface area contributed by atoms with Gasteiger partial charge in [0.1, 0.15) is 0 Å². The lowest BCUT2D eigenvalue weighted by Crippen LogP contribution is -1.90. The van der Waals surface area contributed by atoms with E-state index in [2.05, 4.69) is 21.6 Å². The van der Waals surface area contributed by atoms with Crippen molar-refractivity contribution in [1.29, 1.82) is 0 Å². The molecule has 0 aliphatic heterocycles. The number of hydrogen-bond donors (Lipinski definition) is 1. The maximum Gasteiger partial charge on any atom is 0.483 e. The molecule has 44 valence electrons. The third kappa shape index (κ3) is 1.60. The molecule has 0 aliphatic rings. The molecule has 2 radical (unpaired) electrons. The van der Waals surface area contributed by atoms with E-state index in [1.807, 2.05) is 0 Å². The van der Waals surface area contributed by atoms with Gasteiger partial charge in [-0.1, -0.05) is 0 Å². The van der Waals surface area contributed by atoms with Gasteiger partial charge in [-0.05, 0) is 12.1 Å². The summed E-state index contributed by atoms with van der Waals surface area (Å²) < 4.78 is 4.72. The highest BCUT2D eigenvalue weighted by molar-refractivity contribution is 5.99. The SMILES string of the molecule is Nc1ccc([O][Al])nc1. The molecule has 0 amide bonds. The fourth-order valence-corrected chi connectivity index (χ4v) is 0.601. The Labute approximate surface area is 61.6 Å². The number of pyridine rings is 1. The first-order chi connectivity index (χ1) is 4.33. The molecule has 0 aliphatic carbocycles. The molecule has 0 atom stereocenters. The second-order valence-electron chi connectivity index (χ2n) is 1.55. The molecule has 0 saturated carbocycles. The van der Waals surface area contributed by atoms with E-state index < -0.39 is 0 Å². The van der Waals surface area contributed by atoms with E-state index in [0.717, 1.165) is 0 Å². The van der Waals surface area contributed by atoms with Crippen LogP contribution in [0.5, 0.6) is 5.88 Å². The Morgan fingerprint density at radius 3 is 2.78 bits per heavy atom. The monoisotopic (exact) mass is 136 g/mol. The molecule has 1 aromatic heterocycles. The molecule has 0 bridgehead atoms. The topological polar surface area (TPSA) is 48.1 Å². The van der Waals surface area contributed by atoms with Gasteiger partial charge in [-0.25, -0.2) is 4.98 Å². The van der Waals surface area contributed by atoms with Crippen LogP contribution >= 0.6 is 0 Å². The van der Waals surface area contributed by atoms with Gasteiger partial charge < -0.3 is 9.52 Å². The number of rotatable bonds is 1.